The highest BCUT2D eigenvalue weighted by Crippen LogP contribution is 2.63. The number of thioether (sulfide) groups is 2. The first kappa shape index (κ1) is 10.6. The minimum absolute atomic E-state index is 0.529. The Morgan fingerprint density at radius 2 is 2.00 bits per heavy atom. The van der Waals surface area contributed by atoms with Crippen molar-refractivity contribution < 1.29 is 0 Å². The molecule has 0 nitrogen and oxygen atoms in total. The van der Waals surface area contributed by atoms with Crippen LogP contribution >= 0.6 is 23.5 Å². The first-order valence-corrected chi connectivity index (χ1v) is 8.18. The van der Waals surface area contributed by atoms with Crippen molar-refractivity contribution in [1.29, 1.82) is 0 Å². The van der Waals surface area contributed by atoms with E-state index >= 15 is 0 Å². The highest BCUT2D eigenvalue weighted by Gasteiger charge is 2.52. The molecule has 0 unspecified atom stereocenters. The van der Waals surface area contributed by atoms with E-state index in [0.29, 0.717) is 9.49 Å². The lowest BCUT2D eigenvalue weighted by Crippen LogP contribution is -2.45. The molecule has 1 saturated carbocycles. The molecule has 2 atom stereocenters. The van der Waals surface area contributed by atoms with Crippen molar-refractivity contribution in [2.24, 2.45) is 11.3 Å². The molecule has 84 valence electrons. The average Bonchev–Trinajstić information content (AvgIpc) is 2.67. The van der Waals surface area contributed by atoms with Crippen LogP contribution in [-0.2, 0) is 0 Å². The number of hydrogen-bond acceptors (Lipinski definition) is 2. The average molecular weight is 240 g/mol. The van der Waals surface area contributed by atoms with Crippen LogP contribution in [-0.4, -0.2) is 15.6 Å². The molecule has 3 rings (SSSR count). The zero-order chi connectivity index (χ0) is 10.4. The van der Waals surface area contributed by atoms with E-state index in [2.05, 4.69) is 42.6 Å². The Kier molecular flexibility index (Phi) is 2.63. The van der Waals surface area contributed by atoms with Gasteiger partial charge in [0, 0.05) is 11.5 Å². The molecule has 1 aliphatic heterocycles. The summed E-state index contributed by atoms with van der Waals surface area (Å²) in [7, 11) is 0. The molecule has 0 aromatic rings. The standard InChI is InChI=1S/C13H20S2/c1-12-6-3-2-5-11(12)13(8-4-7-12)14-9-10-15-13/h3,6,11H,2,4-5,7-10H2,1H3/t11-,12+/m1/s1. The quantitative estimate of drug-likeness (QED) is 0.578. The fourth-order valence-corrected chi connectivity index (χ4v) is 7.69. The molecular formula is C13H20S2. The Hall–Kier alpha value is 0.440. The third-order valence-corrected chi connectivity index (χ3v) is 8.20. The van der Waals surface area contributed by atoms with Gasteiger partial charge in [-0.2, -0.15) is 0 Å². The highest BCUT2D eigenvalue weighted by molar-refractivity contribution is 8.21. The molecule has 1 saturated heterocycles. The molecule has 2 aliphatic carbocycles. The molecule has 0 amide bonds. The maximum atomic E-state index is 2.54. The van der Waals surface area contributed by atoms with Gasteiger partial charge in [-0.3, -0.25) is 0 Å². The van der Waals surface area contributed by atoms with Gasteiger partial charge in [0.15, 0.2) is 0 Å². The highest BCUT2D eigenvalue weighted by atomic mass is 32.2. The molecule has 0 bridgehead atoms. The van der Waals surface area contributed by atoms with Crippen molar-refractivity contribution in [3.8, 4) is 0 Å². The van der Waals surface area contributed by atoms with E-state index in [4.69, 9.17) is 0 Å². The smallest absolute Gasteiger partial charge is 0.0647 e. The van der Waals surface area contributed by atoms with E-state index in [1.54, 1.807) is 0 Å². The SMILES string of the molecule is C[C@@]12C=CCC[C@H]1C1(CCC2)SCCS1. The molecular weight excluding hydrogens is 220 g/mol. The topological polar surface area (TPSA) is 0 Å². The summed E-state index contributed by atoms with van der Waals surface area (Å²) in [4.78, 5) is 0. The van der Waals surface area contributed by atoms with Gasteiger partial charge in [-0.15, -0.1) is 23.5 Å². The lowest BCUT2D eigenvalue weighted by molar-refractivity contribution is 0.149. The monoisotopic (exact) mass is 240 g/mol. The van der Waals surface area contributed by atoms with E-state index in [9.17, 15) is 0 Å². The molecule has 0 aromatic carbocycles. The molecule has 2 heteroatoms. The number of fused-ring (bicyclic) bond motifs is 2. The van der Waals surface area contributed by atoms with Crippen molar-refractivity contribution in [2.45, 2.75) is 43.1 Å². The maximum absolute atomic E-state index is 2.54. The van der Waals surface area contributed by atoms with Crippen LogP contribution in [0.15, 0.2) is 12.2 Å². The number of hydrogen-bond donors (Lipinski definition) is 0. The van der Waals surface area contributed by atoms with Crippen LogP contribution in [0.25, 0.3) is 0 Å². The maximum Gasteiger partial charge on any atom is 0.0647 e. The predicted octanol–water partition coefficient (Wildman–Crippen LogP) is 4.32. The molecule has 1 heterocycles. The minimum Gasteiger partial charge on any atom is -0.143 e. The first-order chi connectivity index (χ1) is 7.25. The fraction of sp³-hybridized carbons (Fsp3) is 0.846. The predicted molar refractivity (Wildman–Crippen MR) is 71.5 cm³/mol. The summed E-state index contributed by atoms with van der Waals surface area (Å²) in [6.45, 7) is 2.51. The van der Waals surface area contributed by atoms with Gasteiger partial charge in [-0.05, 0) is 37.0 Å². The second-order valence-electron chi connectivity index (χ2n) is 5.40. The summed E-state index contributed by atoms with van der Waals surface area (Å²) < 4.78 is 0.609. The van der Waals surface area contributed by atoms with Crippen LogP contribution in [0, 0.1) is 11.3 Å². The lowest BCUT2D eigenvalue weighted by Gasteiger charge is -2.51. The second kappa shape index (κ2) is 3.73. The molecule has 0 aromatic heterocycles. The van der Waals surface area contributed by atoms with E-state index < -0.39 is 0 Å². The van der Waals surface area contributed by atoms with Crippen molar-refractivity contribution in [3.63, 3.8) is 0 Å². The van der Waals surface area contributed by atoms with Crippen LogP contribution in [0.5, 0.6) is 0 Å². The van der Waals surface area contributed by atoms with Gasteiger partial charge in [0.05, 0.1) is 4.08 Å². The van der Waals surface area contributed by atoms with Crippen LogP contribution < -0.4 is 0 Å². The number of allylic oxidation sites excluding steroid dienone is 2. The molecule has 2 fully saturated rings. The molecule has 3 aliphatic rings. The minimum atomic E-state index is 0.529. The third-order valence-electron chi connectivity index (χ3n) is 4.46. The van der Waals surface area contributed by atoms with Gasteiger partial charge >= 0.3 is 0 Å². The van der Waals surface area contributed by atoms with E-state index in [1.807, 2.05) is 0 Å². The van der Waals surface area contributed by atoms with E-state index in [-0.39, 0.29) is 0 Å². The van der Waals surface area contributed by atoms with Crippen LogP contribution in [0.1, 0.15) is 39.0 Å². The van der Waals surface area contributed by atoms with Crippen molar-refractivity contribution in [1.82, 2.24) is 0 Å². The molecule has 15 heavy (non-hydrogen) atoms. The Morgan fingerprint density at radius 1 is 1.20 bits per heavy atom. The van der Waals surface area contributed by atoms with Crippen LogP contribution in [0.3, 0.4) is 0 Å². The lowest BCUT2D eigenvalue weighted by atomic mass is 9.63. The molecule has 1 spiro atoms. The second-order valence-corrected chi connectivity index (χ2v) is 8.51. The first-order valence-electron chi connectivity index (χ1n) is 6.21. The van der Waals surface area contributed by atoms with Crippen LogP contribution in [0.4, 0.5) is 0 Å². The molecule has 0 N–H and O–H groups in total. The number of rotatable bonds is 0. The van der Waals surface area contributed by atoms with E-state index in [0.717, 1.165) is 5.92 Å². The summed E-state index contributed by atoms with van der Waals surface area (Å²) in [5, 5.41) is 0. The zero-order valence-corrected chi connectivity index (χ0v) is 11.1. The summed E-state index contributed by atoms with van der Waals surface area (Å²) in [6.07, 6.45) is 12.1. The van der Waals surface area contributed by atoms with Gasteiger partial charge in [-0.25, -0.2) is 0 Å². The van der Waals surface area contributed by atoms with Gasteiger partial charge in [0.1, 0.15) is 0 Å². The Morgan fingerprint density at radius 3 is 2.80 bits per heavy atom. The summed E-state index contributed by atoms with van der Waals surface area (Å²) >= 11 is 4.56. The normalized spacial score (nSPS) is 43.1. The Bertz CT molecular complexity index is 278. The largest absolute Gasteiger partial charge is 0.143 e. The summed E-state index contributed by atoms with van der Waals surface area (Å²) in [6, 6.07) is 0. The third kappa shape index (κ3) is 1.59. The van der Waals surface area contributed by atoms with Gasteiger partial charge in [-0.1, -0.05) is 25.5 Å². The Balaban J connectivity index is 1.94. The van der Waals surface area contributed by atoms with E-state index in [1.165, 1.54) is 43.6 Å². The van der Waals surface area contributed by atoms with Gasteiger partial charge in [0.2, 0.25) is 0 Å². The van der Waals surface area contributed by atoms with Crippen LogP contribution in [0.2, 0.25) is 0 Å². The van der Waals surface area contributed by atoms with Crippen molar-refractivity contribution in [3.05, 3.63) is 12.2 Å². The fourth-order valence-electron chi connectivity index (χ4n) is 3.75. The summed E-state index contributed by atoms with van der Waals surface area (Å²) in [5.74, 6) is 3.73. The van der Waals surface area contributed by atoms with Gasteiger partial charge in [0.25, 0.3) is 0 Å². The Labute approximate surface area is 102 Å². The van der Waals surface area contributed by atoms with Crippen molar-refractivity contribution in [2.75, 3.05) is 11.5 Å². The molecule has 0 radical (unpaired) electrons. The summed E-state index contributed by atoms with van der Waals surface area (Å²) in [5.41, 5.74) is 0.529. The van der Waals surface area contributed by atoms with Gasteiger partial charge < -0.3 is 0 Å². The van der Waals surface area contributed by atoms with Crippen molar-refractivity contribution >= 4 is 23.5 Å². The zero-order valence-electron chi connectivity index (χ0n) is 9.50.